The van der Waals surface area contributed by atoms with Crippen LogP contribution in [0.5, 0.6) is 0 Å². The lowest BCUT2D eigenvalue weighted by Crippen LogP contribution is -1.98. The molecule has 0 atom stereocenters. The van der Waals surface area contributed by atoms with Crippen molar-refractivity contribution >= 4 is 43.6 Å². The summed E-state index contributed by atoms with van der Waals surface area (Å²) in [5, 5.41) is 24.4. The monoisotopic (exact) mass is 610 g/mol. The van der Waals surface area contributed by atoms with Crippen LogP contribution in [0.25, 0.3) is 77.2 Å². The van der Waals surface area contributed by atoms with Gasteiger partial charge in [0.25, 0.3) is 0 Å². The molecule has 0 fully saturated rings. The fraction of sp³-hybridized carbons (Fsp3) is 0. The number of nitriles is 2. The molecule has 7 aromatic carbocycles. The lowest BCUT2D eigenvalue weighted by Gasteiger charge is -2.16. The third-order valence-electron chi connectivity index (χ3n) is 9.39. The normalized spacial score (nSPS) is 11.3. The molecule has 0 amide bonds. The summed E-state index contributed by atoms with van der Waals surface area (Å²) in [6, 6.07) is 59.0. The van der Waals surface area contributed by atoms with Crippen LogP contribution in [0.4, 0.5) is 0 Å². The van der Waals surface area contributed by atoms with Gasteiger partial charge in [0.05, 0.1) is 51.0 Å². The van der Waals surface area contributed by atoms with Gasteiger partial charge in [-0.05, 0) is 77.9 Å². The molecule has 2 heterocycles. The van der Waals surface area contributed by atoms with E-state index in [2.05, 4.69) is 137 Å². The molecule has 9 rings (SSSR count). The summed E-state index contributed by atoms with van der Waals surface area (Å²) in [7, 11) is 0. The predicted octanol–water partition coefficient (Wildman–Crippen LogP) is 11.0. The molecule has 2 aromatic heterocycles. The van der Waals surface area contributed by atoms with Crippen molar-refractivity contribution in [3.05, 3.63) is 169 Å². The van der Waals surface area contributed by atoms with Crippen LogP contribution >= 0.6 is 0 Å². The first-order valence-electron chi connectivity index (χ1n) is 15.9. The van der Waals surface area contributed by atoms with Crippen LogP contribution in [0.1, 0.15) is 11.1 Å². The molecule has 4 nitrogen and oxygen atoms in total. The number of nitrogens with zero attached hydrogens (tertiary/aromatic N) is 4. The number of rotatable bonds is 4. The molecule has 0 unspecified atom stereocenters. The SMILES string of the molecule is N#Cc1ccc2c(c1)c1ccccc1n2-c1ccc(C#N)c(-c2cccc(-c3ccccc3-n3c4ccccc4c4ccccc43)c2)c1. The molecule has 0 aliphatic heterocycles. The van der Waals surface area contributed by atoms with Crippen LogP contribution in [-0.4, -0.2) is 9.13 Å². The van der Waals surface area contributed by atoms with E-state index in [0.29, 0.717) is 11.1 Å². The minimum absolute atomic E-state index is 0.610. The lowest BCUT2D eigenvalue weighted by molar-refractivity contribution is 1.18. The fourth-order valence-corrected chi connectivity index (χ4v) is 7.28. The Morgan fingerprint density at radius 3 is 1.67 bits per heavy atom. The molecule has 4 heteroatoms. The Morgan fingerprint density at radius 2 is 0.979 bits per heavy atom. The standard InChI is InChI=1S/C44H26N4/c45-27-29-20-23-44-39(24-29)37-15-4-6-17-41(37)47(44)33-22-21-32(28-46)38(26-33)31-11-9-10-30(25-31)34-12-1-5-16-40(34)48-42-18-7-2-13-35(42)36-14-3-8-19-43(36)48/h1-26H. The highest BCUT2D eigenvalue weighted by Gasteiger charge is 2.17. The van der Waals surface area contributed by atoms with Gasteiger partial charge in [0.2, 0.25) is 0 Å². The largest absolute Gasteiger partial charge is 0.309 e. The Kier molecular flexibility index (Phi) is 6.22. The Labute approximate surface area is 277 Å². The van der Waals surface area contributed by atoms with Gasteiger partial charge in [0.15, 0.2) is 0 Å². The van der Waals surface area contributed by atoms with Gasteiger partial charge in [-0.1, -0.05) is 91.0 Å². The molecule has 0 bridgehead atoms. The van der Waals surface area contributed by atoms with Gasteiger partial charge in [-0.3, -0.25) is 0 Å². The summed E-state index contributed by atoms with van der Waals surface area (Å²) >= 11 is 0. The van der Waals surface area contributed by atoms with Crippen molar-refractivity contribution in [3.63, 3.8) is 0 Å². The Balaban J connectivity index is 1.23. The van der Waals surface area contributed by atoms with Gasteiger partial charge >= 0.3 is 0 Å². The molecule has 0 spiro atoms. The second-order valence-electron chi connectivity index (χ2n) is 12.0. The number of aromatic nitrogens is 2. The molecular formula is C44H26N4. The molecule has 222 valence electrons. The van der Waals surface area contributed by atoms with E-state index in [9.17, 15) is 10.5 Å². The second kappa shape index (κ2) is 10.9. The first-order chi connectivity index (χ1) is 23.7. The van der Waals surface area contributed by atoms with E-state index >= 15 is 0 Å². The topological polar surface area (TPSA) is 57.4 Å². The lowest BCUT2D eigenvalue weighted by atomic mass is 9.95. The van der Waals surface area contributed by atoms with E-state index in [1.54, 1.807) is 0 Å². The zero-order valence-corrected chi connectivity index (χ0v) is 25.8. The number of hydrogen-bond acceptors (Lipinski definition) is 2. The minimum atomic E-state index is 0.610. The number of hydrogen-bond donors (Lipinski definition) is 0. The van der Waals surface area contributed by atoms with Gasteiger partial charge in [0, 0.05) is 38.4 Å². The molecule has 9 aromatic rings. The molecule has 0 aliphatic rings. The molecular weight excluding hydrogens is 585 g/mol. The summed E-state index contributed by atoms with van der Waals surface area (Å²) in [6.07, 6.45) is 0. The number of fused-ring (bicyclic) bond motifs is 6. The first kappa shape index (κ1) is 27.4. The highest BCUT2D eigenvalue weighted by molar-refractivity contribution is 6.10. The van der Waals surface area contributed by atoms with Gasteiger partial charge in [-0.2, -0.15) is 10.5 Å². The number of para-hydroxylation sites is 4. The van der Waals surface area contributed by atoms with Gasteiger partial charge in [0.1, 0.15) is 0 Å². The van der Waals surface area contributed by atoms with Crippen LogP contribution in [0.3, 0.4) is 0 Å². The highest BCUT2D eigenvalue weighted by Crippen LogP contribution is 2.39. The zero-order chi connectivity index (χ0) is 32.2. The average molecular weight is 611 g/mol. The van der Waals surface area contributed by atoms with E-state index in [1.165, 1.54) is 10.8 Å². The third kappa shape index (κ3) is 4.14. The van der Waals surface area contributed by atoms with E-state index in [1.807, 2.05) is 42.5 Å². The summed E-state index contributed by atoms with van der Waals surface area (Å²) in [5.41, 5.74) is 11.7. The summed E-state index contributed by atoms with van der Waals surface area (Å²) in [5.74, 6) is 0. The number of benzene rings is 7. The molecule has 48 heavy (non-hydrogen) atoms. The first-order valence-corrected chi connectivity index (χ1v) is 15.9. The maximum atomic E-state index is 10.3. The van der Waals surface area contributed by atoms with Gasteiger partial charge in [-0.15, -0.1) is 0 Å². The predicted molar refractivity (Wildman–Crippen MR) is 195 cm³/mol. The van der Waals surface area contributed by atoms with Gasteiger partial charge < -0.3 is 9.13 Å². The van der Waals surface area contributed by atoms with Crippen molar-refractivity contribution in [1.82, 2.24) is 9.13 Å². The maximum absolute atomic E-state index is 10.3. The quantitative estimate of drug-likeness (QED) is 0.199. The smallest absolute Gasteiger partial charge is 0.0998 e. The van der Waals surface area contributed by atoms with E-state index in [0.717, 1.165) is 66.5 Å². The van der Waals surface area contributed by atoms with Crippen molar-refractivity contribution in [3.8, 4) is 45.8 Å². The van der Waals surface area contributed by atoms with E-state index < -0.39 is 0 Å². The van der Waals surface area contributed by atoms with Crippen LogP contribution in [0.2, 0.25) is 0 Å². The molecule has 0 aliphatic carbocycles. The van der Waals surface area contributed by atoms with Crippen LogP contribution in [0, 0.1) is 22.7 Å². The highest BCUT2D eigenvalue weighted by atomic mass is 15.0. The van der Waals surface area contributed by atoms with Crippen LogP contribution in [-0.2, 0) is 0 Å². The van der Waals surface area contributed by atoms with Crippen LogP contribution < -0.4 is 0 Å². The molecule has 0 N–H and O–H groups in total. The third-order valence-corrected chi connectivity index (χ3v) is 9.39. The summed E-state index contributed by atoms with van der Waals surface area (Å²) in [6.45, 7) is 0. The molecule has 0 radical (unpaired) electrons. The van der Waals surface area contributed by atoms with Crippen molar-refractivity contribution in [2.45, 2.75) is 0 Å². The Bertz CT molecular complexity index is 2760. The van der Waals surface area contributed by atoms with Gasteiger partial charge in [-0.25, -0.2) is 0 Å². The second-order valence-corrected chi connectivity index (χ2v) is 12.0. The van der Waals surface area contributed by atoms with E-state index in [-0.39, 0.29) is 0 Å². The summed E-state index contributed by atoms with van der Waals surface area (Å²) in [4.78, 5) is 0. The van der Waals surface area contributed by atoms with Crippen molar-refractivity contribution in [2.24, 2.45) is 0 Å². The van der Waals surface area contributed by atoms with Crippen molar-refractivity contribution in [1.29, 1.82) is 10.5 Å². The Morgan fingerprint density at radius 1 is 0.396 bits per heavy atom. The maximum Gasteiger partial charge on any atom is 0.0998 e. The van der Waals surface area contributed by atoms with Crippen molar-refractivity contribution in [2.75, 3.05) is 0 Å². The fourth-order valence-electron chi connectivity index (χ4n) is 7.28. The summed E-state index contributed by atoms with van der Waals surface area (Å²) < 4.78 is 4.58. The van der Waals surface area contributed by atoms with Crippen LogP contribution in [0.15, 0.2) is 158 Å². The molecule has 0 saturated carbocycles. The zero-order valence-electron chi connectivity index (χ0n) is 25.8. The average Bonchev–Trinajstić information content (AvgIpc) is 3.67. The molecule has 0 saturated heterocycles. The minimum Gasteiger partial charge on any atom is -0.309 e. The Hall–Kier alpha value is -6.88. The van der Waals surface area contributed by atoms with E-state index in [4.69, 9.17) is 0 Å². The van der Waals surface area contributed by atoms with Crippen molar-refractivity contribution < 1.29 is 0 Å².